The quantitative estimate of drug-likeness (QED) is 0.834. The van der Waals surface area contributed by atoms with Crippen LogP contribution in [0.5, 0.6) is 11.5 Å². The molecule has 2 heterocycles. The zero-order valence-corrected chi connectivity index (χ0v) is 13.9. The van der Waals surface area contributed by atoms with Crippen LogP contribution in [-0.2, 0) is 6.54 Å². The van der Waals surface area contributed by atoms with Crippen molar-refractivity contribution < 1.29 is 13.9 Å². The second-order valence-electron chi connectivity index (χ2n) is 5.64. The molecule has 128 valence electrons. The van der Waals surface area contributed by atoms with Gasteiger partial charge < -0.3 is 14.4 Å². The summed E-state index contributed by atoms with van der Waals surface area (Å²) in [7, 11) is 3.32. The number of rotatable bonds is 5. The monoisotopic (exact) mass is 332 g/mol. The zero-order chi connectivity index (χ0) is 16.9. The molecule has 0 radical (unpaired) electrons. The predicted molar refractivity (Wildman–Crippen MR) is 89.0 cm³/mol. The van der Waals surface area contributed by atoms with E-state index in [0.717, 1.165) is 49.8 Å². The van der Waals surface area contributed by atoms with Gasteiger partial charge >= 0.3 is 0 Å². The minimum Gasteiger partial charge on any atom is -0.497 e. The number of hydrogen-bond acceptors (Lipinski definition) is 6. The Balaban J connectivity index is 1.64. The molecule has 2 aromatic rings. The minimum absolute atomic E-state index is 0.375. The van der Waals surface area contributed by atoms with E-state index in [9.17, 15) is 4.39 Å². The average molecular weight is 332 g/mol. The van der Waals surface area contributed by atoms with E-state index in [-0.39, 0.29) is 5.82 Å². The Morgan fingerprint density at radius 1 is 1.12 bits per heavy atom. The van der Waals surface area contributed by atoms with E-state index in [2.05, 4.69) is 14.9 Å². The number of ether oxygens (including phenoxy) is 2. The number of hydrogen-bond donors (Lipinski definition) is 0. The second-order valence-corrected chi connectivity index (χ2v) is 5.64. The van der Waals surface area contributed by atoms with Crippen LogP contribution in [0, 0.1) is 5.82 Å². The highest BCUT2D eigenvalue weighted by Gasteiger charge is 2.21. The maximum atomic E-state index is 13.8. The Bertz CT molecular complexity index is 690. The van der Waals surface area contributed by atoms with Crippen LogP contribution in [-0.4, -0.2) is 55.3 Å². The molecule has 0 spiro atoms. The number of benzene rings is 1. The van der Waals surface area contributed by atoms with Gasteiger partial charge in [-0.1, -0.05) is 0 Å². The normalized spacial score (nSPS) is 15.4. The highest BCUT2D eigenvalue weighted by atomic mass is 19.1. The number of piperazine rings is 1. The summed E-state index contributed by atoms with van der Waals surface area (Å²) < 4.78 is 24.5. The fraction of sp³-hybridized carbons (Fsp3) is 0.412. The molecule has 1 aliphatic heterocycles. The van der Waals surface area contributed by atoms with Gasteiger partial charge in [-0.15, -0.1) is 0 Å². The van der Waals surface area contributed by atoms with Gasteiger partial charge in [-0.3, -0.25) is 4.90 Å². The van der Waals surface area contributed by atoms with Crippen LogP contribution in [0.4, 0.5) is 10.2 Å². The summed E-state index contributed by atoms with van der Waals surface area (Å²) in [6, 6.07) is 5.80. The largest absolute Gasteiger partial charge is 0.497 e. The lowest BCUT2D eigenvalue weighted by atomic mass is 10.1. The fourth-order valence-corrected chi connectivity index (χ4v) is 2.90. The Hall–Kier alpha value is -2.41. The first kappa shape index (κ1) is 16.4. The van der Waals surface area contributed by atoms with E-state index < -0.39 is 0 Å². The Labute approximate surface area is 140 Å². The first-order chi connectivity index (χ1) is 11.7. The van der Waals surface area contributed by atoms with Crippen LogP contribution in [0.15, 0.2) is 30.7 Å². The second kappa shape index (κ2) is 7.44. The van der Waals surface area contributed by atoms with Crippen molar-refractivity contribution in [1.29, 1.82) is 0 Å². The minimum atomic E-state index is -0.375. The third-order valence-electron chi connectivity index (χ3n) is 4.20. The van der Waals surface area contributed by atoms with Crippen LogP contribution in [0.1, 0.15) is 5.56 Å². The van der Waals surface area contributed by atoms with Gasteiger partial charge in [0.2, 0.25) is 0 Å². The number of aromatic nitrogens is 2. The van der Waals surface area contributed by atoms with E-state index >= 15 is 0 Å². The maximum absolute atomic E-state index is 13.8. The molecule has 1 aromatic carbocycles. The molecule has 0 saturated carbocycles. The van der Waals surface area contributed by atoms with Crippen molar-refractivity contribution >= 4 is 5.82 Å². The number of nitrogens with zero attached hydrogens (tertiary/aromatic N) is 4. The molecule has 1 fully saturated rings. The van der Waals surface area contributed by atoms with Crippen LogP contribution in [0.3, 0.4) is 0 Å². The van der Waals surface area contributed by atoms with Gasteiger partial charge in [0.1, 0.15) is 17.8 Å². The fourth-order valence-electron chi connectivity index (χ4n) is 2.90. The van der Waals surface area contributed by atoms with Crippen LogP contribution < -0.4 is 14.4 Å². The van der Waals surface area contributed by atoms with Gasteiger partial charge in [0.15, 0.2) is 11.6 Å². The Kier molecular flexibility index (Phi) is 5.10. The molecular formula is C17H21FN4O2. The molecule has 0 aliphatic carbocycles. The topological polar surface area (TPSA) is 50.7 Å². The molecule has 0 unspecified atom stereocenters. The van der Waals surface area contributed by atoms with Gasteiger partial charge in [0.05, 0.1) is 20.4 Å². The molecule has 0 bridgehead atoms. The first-order valence-electron chi connectivity index (χ1n) is 7.85. The summed E-state index contributed by atoms with van der Waals surface area (Å²) in [6.45, 7) is 3.86. The number of halogens is 1. The lowest BCUT2D eigenvalue weighted by molar-refractivity contribution is 0.244. The first-order valence-corrected chi connectivity index (χ1v) is 7.85. The Morgan fingerprint density at radius 3 is 2.58 bits per heavy atom. The van der Waals surface area contributed by atoms with E-state index in [4.69, 9.17) is 9.47 Å². The molecule has 0 amide bonds. The molecule has 6 nitrogen and oxygen atoms in total. The van der Waals surface area contributed by atoms with Crippen molar-refractivity contribution in [3.05, 3.63) is 42.1 Å². The molecular weight excluding hydrogens is 311 g/mol. The zero-order valence-electron chi connectivity index (χ0n) is 13.9. The van der Waals surface area contributed by atoms with Crippen molar-refractivity contribution in [3.8, 4) is 11.5 Å². The molecule has 7 heteroatoms. The van der Waals surface area contributed by atoms with Crippen LogP contribution >= 0.6 is 0 Å². The summed E-state index contributed by atoms with van der Waals surface area (Å²) in [5.41, 5.74) is 1.08. The standard InChI is InChI=1S/C17H21FN4O2/c1-23-14-3-4-16(24-2)13(9-14)11-21-5-7-22(8-6-21)17-15(18)10-19-12-20-17/h3-4,9-10,12H,5-8,11H2,1-2H3. The maximum Gasteiger partial charge on any atom is 0.183 e. The van der Waals surface area contributed by atoms with Crippen molar-refractivity contribution in [2.45, 2.75) is 6.54 Å². The summed E-state index contributed by atoms with van der Waals surface area (Å²) in [5.74, 6) is 1.66. The molecule has 3 rings (SSSR count). The smallest absolute Gasteiger partial charge is 0.183 e. The molecule has 0 N–H and O–H groups in total. The lowest BCUT2D eigenvalue weighted by Gasteiger charge is -2.35. The average Bonchev–Trinajstić information content (AvgIpc) is 2.63. The summed E-state index contributed by atoms with van der Waals surface area (Å²) in [6.07, 6.45) is 2.59. The van der Waals surface area contributed by atoms with Gasteiger partial charge in [0.25, 0.3) is 0 Å². The van der Waals surface area contributed by atoms with E-state index in [1.807, 2.05) is 23.1 Å². The summed E-state index contributed by atoms with van der Waals surface area (Å²) >= 11 is 0. The van der Waals surface area contributed by atoms with Gasteiger partial charge in [0, 0.05) is 38.3 Å². The van der Waals surface area contributed by atoms with E-state index in [0.29, 0.717) is 5.82 Å². The molecule has 1 aromatic heterocycles. The molecule has 0 atom stereocenters. The lowest BCUT2D eigenvalue weighted by Crippen LogP contribution is -2.46. The molecule has 1 saturated heterocycles. The summed E-state index contributed by atoms with van der Waals surface area (Å²) in [4.78, 5) is 12.0. The van der Waals surface area contributed by atoms with Gasteiger partial charge in [-0.2, -0.15) is 0 Å². The molecule has 24 heavy (non-hydrogen) atoms. The number of methoxy groups -OCH3 is 2. The SMILES string of the molecule is COc1ccc(OC)c(CN2CCN(c3ncncc3F)CC2)c1. The van der Waals surface area contributed by atoms with Crippen molar-refractivity contribution in [1.82, 2.24) is 14.9 Å². The molecule has 1 aliphatic rings. The van der Waals surface area contributed by atoms with Crippen LogP contribution in [0.25, 0.3) is 0 Å². The van der Waals surface area contributed by atoms with Crippen molar-refractivity contribution in [2.75, 3.05) is 45.3 Å². The van der Waals surface area contributed by atoms with E-state index in [1.54, 1.807) is 14.2 Å². The van der Waals surface area contributed by atoms with Gasteiger partial charge in [-0.25, -0.2) is 14.4 Å². The third-order valence-corrected chi connectivity index (χ3v) is 4.20. The number of anilines is 1. The van der Waals surface area contributed by atoms with Gasteiger partial charge in [-0.05, 0) is 18.2 Å². The predicted octanol–water partition coefficient (Wildman–Crippen LogP) is 1.96. The highest BCUT2D eigenvalue weighted by molar-refractivity contribution is 5.41. The Morgan fingerprint density at radius 2 is 1.92 bits per heavy atom. The van der Waals surface area contributed by atoms with Crippen molar-refractivity contribution in [2.24, 2.45) is 0 Å². The van der Waals surface area contributed by atoms with E-state index in [1.165, 1.54) is 12.5 Å². The summed E-state index contributed by atoms with van der Waals surface area (Å²) in [5, 5.41) is 0. The van der Waals surface area contributed by atoms with Crippen LogP contribution in [0.2, 0.25) is 0 Å². The highest BCUT2D eigenvalue weighted by Crippen LogP contribution is 2.26. The van der Waals surface area contributed by atoms with Crippen molar-refractivity contribution in [3.63, 3.8) is 0 Å². The third kappa shape index (κ3) is 3.56.